The molecule has 0 atom stereocenters. The Morgan fingerprint density at radius 2 is 1.55 bits per heavy atom. The smallest absolute Gasteiger partial charge is 0.119 e. The van der Waals surface area contributed by atoms with E-state index in [2.05, 4.69) is 48.6 Å². The van der Waals surface area contributed by atoms with Gasteiger partial charge in [0.05, 0.1) is 0 Å². The maximum atomic E-state index is 5.73. The Morgan fingerprint density at radius 3 is 2.15 bits per heavy atom. The van der Waals surface area contributed by atoms with Crippen LogP contribution >= 0.6 is 0 Å². The van der Waals surface area contributed by atoms with Crippen LogP contribution in [0.25, 0.3) is 11.1 Å². The van der Waals surface area contributed by atoms with Crippen molar-refractivity contribution in [3.8, 4) is 16.9 Å². The molecule has 104 valence electrons. The number of benzene rings is 2. The average molecular weight is 267 g/mol. The Bertz CT molecular complexity index is 541. The monoisotopic (exact) mass is 267 g/mol. The SMILES string of the molecule is Cc1ccc(-c2ccc(OCCNC3CC3)cc2)cc1. The van der Waals surface area contributed by atoms with Crippen LogP contribution in [0.15, 0.2) is 48.5 Å². The highest BCUT2D eigenvalue weighted by atomic mass is 16.5. The molecule has 0 heterocycles. The molecule has 2 heteroatoms. The minimum absolute atomic E-state index is 0.736. The quantitative estimate of drug-likeness (QED) is 0.804. The summed E-state index contributed by atoms with van der Waals surface area (Å²) in [7, 11) is 0. The van der Waals surface area contributed by atoms with Crippen LogP contribution in [0.3, 0.4) is 0 Å². The lowest BCUT2D eigenvalue weighted by Gasteiger charge is -2.08. The van der Waals surface area contributed by atoms with E-state index in [4.69, 9.17) is 4.74 Å². The number of hydrogen-bond donors (Lipinski definition) is 1. The van der Waals surface area contributed by atoms with E-state index in [0.29, 0.717) is 0 Å². The van der Waals surface area contributed by atoms with Crippen LogP contribution in [0.4, 0.5) is 0 Å². The van der Waals surface area contributed by atoms with Crippen molar-refractivity contribution in [2.24, 2.45) is 0 Å². The third-order valence-electron chi connectivity index (χ3n) is 3.62. The summed E-state index contributed by atoms with van der Waals surface area (Å²) in [6.07, 6.45) is 2.65. The second-order valence-electron chi connectivity index (χ2n) is 5.47. The maximum Gasteiger partial charge on any atom is 0.119 e. The van der Waals surface area contributed by atoms with Gasteiger partial charge in [0.2, 0.25) is 0 Å². The summed E-state index contributed by atoms with van der Waals surface area (Å²) < 4.78 is 5.73. The van der Waals surface area contributed by atoms with Gasteiger partial charge in [-0.3, -0.25) is 0 Å². The van der Waals surface area contributed by atoms with Crippen LogP contribution in [-0.4, -0.2) is 19.2 Å². The molecule has 0 amide bonds. The summed E-state index contributed by atoms with van der Waals surface area (Å²) in [5.74, 6) is 0.943. The predicted octanol–water partition coefficient (Wildman–Crippen LogP) is 3.79. The zero-order chi connectivity index (χ0) is 13.8. The van der Waals surface area contributed by atoms with Gasteiger partial charge in [0.15, 0.2) is 0 Å². The zero-order valence-corrected chi connectivity index (χ0v) is 11.9. The fraction of sp³-hybridized carbons (Fsp3) is 0.333. The highest BCUT2D eigenvalue weighted by Crippen LogP contribution is 2.23. The molecule has 1 aliphatic carbocycles. The maximum absolute atomic E-state index is 5.73. The zero-order valence-electron chi connectivity index (χ0n) is 11.9. The first kappa shape index (κ1) is 13.2. The Labute approximate surface area is 120 Å². The first-order valence-electron chi connectivity index (χ1n) is 7.34. The third-order valence-corrected chi connectivity index (χ3v) is 3.62. The van der Waals surface area contributed by atoms with Crippen molar-refractivity contribution in [1.82, 2.24) is 5.32 Å². The molecule has 1 saturated carbocycles. The number of rotatable bonds is 6. The minimum Gasteiger partial charge on any atom is -0.492 e. The van der Waals surface area contributed by atoms with Gasteiger partial charge < -0.3 is 10.1 Å². The van der Waals surface area contributed by atoms with Crippen molar-refractivity contribution in [2.45, 2.75) is 25.8 Å². The lowest BCUT2D eigenvalue weighted by molar-refractivity contribution is 0.313. The average Bonchev–Trinajstić information content (AvgIpc) is 3.29. The second-order valence-corrected chi connectivity index (χ2v) is 5.47. The molecule has 1 fully saturated rings. The van der Waals surface area contributed by atoms with Gasteiger partial charge in [0.25, 0.3) is 0 Å². The summed E-state index contributed by atoms with van der Waals surface area (Å²) in [5, 5.41) is 3.44. The summed E-state index contributed by atoms with van der Waals surface area (Å²) in [6.45, 7) is 3.78. The van der Waals surface area contributed by atoms with Crippen molar-refractivity contribution in [3.05, 3.63) is 54.1 Å². The third kappa shape index (κ3) is 3.61. The summed E-state index contributed by atoms with van der Waals surface area (Å²) in [6, 6.07) is 17.7. The van der Waals surface area contributed by atoms with E-state index in [9.17, 15) is 0 Å². The highest BCUT2D eigenvalue weighted by molar-refractivity contribution is 5.64. The molecular formula is C18H21NO. The number of nitrogens with one attached hydrogen (secondary N) is 1. The van der Waals surface area contributed by atoms with Crippen LogP contribution in [-0.2, 0) is 0 Å². The second kappa shape index (κ2) is 6.10. The normalized spacial score (nSPS) is 14.2. The van der Waals surface area contributed by atoms with Crippen molar-refractivity contribution in [3.63, 3.8) is 0 Å². The topological polar surface area (TPSA) is 21.3 Å². The molecule has 0 saturated heterocycles. The largest absolute Gasteiger partial charge is 0.492 e. The molecule has 0 radical (unpaired) electrons. The van der Waals surface area contributed by atoms with Gasteiger partial charge in [-0.1, -0.05) is 42.0 Å². The molecule has 1 N–H and O–H groups in total. The molecule has 0 spiro atoms. The van der Waals surface area contributed by atoms with E-state index in [-0.39, 0.29) is 0 Å². The Kier molecular flexibility index (Phi) is 4.03. The highest BCUT2D eigenvalue weighted by Gasteiger charge is 2.19. The van der Waals surface area contributed by atoms with Gasteiger partial charge in [0.1, 0.15) is 12.4 Å². The summed E-state index contributed by atoms with van der Waals surface area (Å²) >= 11 is 0. The Morgan fingerprint density at radius 1 is 0.950 bits per heavy atom. The molecule has 0 aromatic heterocycles. The van der Waals surface area contributed by atoms with Crippen molar-refractivity contribution in [1.29, 1.82) is 0 Å². The standard InChI is InChI=1S/C18H21NO/c1-14-2-4-15(5-3-14)16-6-10-18(11-7-16)20-13-12-19-17-8-9-17/h2-7,10-11,17,19H,8-9,12-13H2,1H3. The minimum atomic E-state index is 0.736. The van der Waals surface area contributed by atoms with E-state index in [0.717, 1.165) is 24.9 Å². The first-order chi connectivity index (χ1) is 9.81. The van der Waals surface area contributed by atoms with Crippen molar-refractivity contribution >= 4 is 0 Å². The Hall–Kier alpha value is -1.80. The molecule has 3 rings (SSSR count). The van der Waals surface area contributed by atoms with Gasteiger partial charge in [-0.15, -0.1) is 0 Å². The van der Waals surface area contributed by atoms with E-state index in [1.54, 1.807) is 0 Å². The van der Waals surface area contributed by atoms with Gasteiger partial charge in [-0.05, 0) is 43.0 Å². The molecule has 0 aliphatic heterocycles. The van der Waals surface area contributed by atoms with Crippen LogP contribution < -0.4 is 10.1 Å². The molecule has 1 aliphatic rings. The molecule has 0 unspecified atom stereocenters. The fourth-order valence-electron chi connectivity index (χ4n) is 2.21. The van der Waals surface area contributed by atoms with E-state index in [1.807, 2.05) is 12.1 Å². The van der Waals surface area contributed by atoms with Crippen LogP contribution in [0.5, 0.6) is 5.75 Å². The van der Waals surface area contributed by atoms with Crippen molar-refractivity contribution in [2.75, 3.05) is 13.2 Å². The molecule has 2 nitrogen and oxygen atoms in total. The molecule has 20 heavy (non-hydrogen) atoms. The van der Waals surface area contributed by atoms with Gasteiger partial charge in [-0.25, -0.2) is 0 Å². The summed E-state index contributed by atoms with van der Waals surface area (Å²) in [4.78, 5) is 0. The fourth-order valence-corrected chi connectivity index (χ4v) is 2.21. The summed E-state index contributed by atoms with van der Waals surface area (Å²) in [5.41, 5.74) is 3.77. The molecule has 2 aromatic rings. The van der Waals surface area contributed by atoms with E-state index >= 15 is 0 Å². The van der Waals surface area contributed by atoms with Crippen molar-refractivity contribution < 1.29 is 4.74 Å². The van der Waals surface area contributed by atoms with Crippen LogP contribution in [0.2, 0.25) is 0 Å². The number of hydrogen-bond acceptors (Lipinski definition) is 2. The lowest BCUT2D eigenvalue weighted by atomic mass is 10.0. The molecule has 0 bridgehead atoms. The first-order valence-corrected chi connectivity index (χ1v) is 7.34. The predicted molar refractivity (Wildman–Crippen MR) is 83.1 cm³/mol. The van der Waals surface area contributed by atoms with Gasteiger partial charge >= 0.3 is 0 Å². The van der Waals surface area contributed by atoms with Gasteiger partial charge in [-0.2, -0.15) is 0 Å². The number of ether oxygens (including phenoxy) is 1. The van der Waals surface area contributed by atoms with Crippen LogP contribution in [0, 0.1) is 6.92 Å². The number of aryl methyl sites for hydroxylation is 1. The molecule has 2 aromatic carbocycles. The Balaban J connectivity index is 1.54. The van der Waals surface area contributed by atoms with Crippen LogP contribution in [0.1, 0.15) is 18.4 Å². The molecular weight excluding hydrogens is 246 g/mol. The lowest BCUT2D eigenvalue weighted by Crippen LogP contribution is -2.22. The van der Waals surface area contributed by atoms with Gasteiger partial charge in [0, 0.05) is 12.6 Å². The van der Waals surface area contributed by atoms with E-state index in [1.165, 1.54) is 29.5 Å². The van der Waals surface area contributed by atoms with E-state index < -0.39 is 0 Å².